The summed E-state index contributed by atoms with van der Waals surface area (Å²) >= 11 is 0. The Balaban J connectivity index is 2.72. The molecule has 1 aromatic rings. The molecule has 0 aliphatic rings. The molecule has 4 nitrogen and oxygen atoms in total. The van der Waals surface area contributed by atoms with Gasteiger partial charge in [0, 0.05) is 24.0 Å². The Morgan fingerprint density at radius 2 is 2.09 bits per heavy atom. The second-order valence-corrected chi connectivity index (χ2v) is 1.84. The van der Waals surface area contributed by atoms with E-state index in [-0.39, 0.29) is 0 Å². The van der Waals surface area contributed by atoms with Crippen LogP contribution in [0.2, 0.25) is 0 Å². The monoisotopic (exact) mass is 150 g/mol. The Bertz CT molecular complexity index is 269. The zero-order valence-electron chi connectivity index (χ0n) is 5.64. The number of carbonyl (C=O) groups is 1. The predicted molar refractivity (Wildman–Crippen MR) is 38.7 cm³/mol. The molecule has 0 fully saturated rings. The lowest BCUT2D eigenvalue weighted by molar-refractivity contribution is -0.131. The van der Waals surface area contributed by atoms with Crippen molar-refractivity contribution < 1.29 is 9.90 Å². The number of aromatic nitrogens is 2. The molecule has 0 aromatic carbocycles. The summed E-state index contributed by atoms with van der Waals surface area (Å²) in [5.41, 5.74) is 0.676. The zero-order valence-corrected chi connectivity index (χ0v) is 5.64. The summed E-state index contributed by atoms with van der Waals surface area (Å²) in [6, 6.07) is 0. The second kappa shape index (κ2) is 3.46. The lowest BCUT2D eigenvalue weighted by atomic mass is 10.3. The highest BCUT2D eigenvalue weighted by Crippen LogP contribution is 1.95. The molecule has 1 rings (SSSR count). The van der Waals surface area contributed by atoms with Crippen LogP contribution >= 0.6 is 0 Å². The van der Waals surface area contributed by atoms with E-state index in [0.717, 1.165) is 6.08 Å². The molecule has 0 radical (unpaired) electrons. The van der Waals surface area contributed by atoms with Crippen LogP contribution in [-0.4, -0.2) is 21.0 Å². The topological polar surface area (TPSA) is 63.1 Å². The first kappa shape index (κ1) is 7.40. The van der Waals surface area contributed by atoms with Crippen molar-refractivity contribution in [1.29, 1.82) is 0 Å². The molecule has 0 spiro atoms. The number of rotatable bonds is 2. The van der Waals surface area contributed by atoms with Crippen LogP contribution in [0, 0.1) is 0 Å². The van der Waals surface area contributed by atoms with Crippen molar-refractivity contribution in [2.24, 2.45) is 0 Å². The summed E-state index contributed by atoms with van der Waals surface area (Å²) in [4.78, 5) is 17.5. The first-order valence-electron chi connectivity index (χ1n) is 2.95. The molecule has 1 heterocycles. The third kappa shape index (κ3) is 2.57. The summed E-state index contributed by atoms with van der Waals surface area (Å²) < 4.78 is 0. The molecule has 11 heavy (non-hydrogen) atoms. The van der Waals surface area contributed by atoms with Crippen LogP contribution in [0.4, 0.5) is 0 Å². The van der Waals surface area contributed by atoms with Gasteiger partial charge in [0.2, 0.25) is 0 Å². The molecule has 0 saturated carbocycles. The van der Waals surface area contributed by atoms with E-state index in [1.54, 1.807) is 0 Å². The van der Waals surface area contributed by atoms with E-state index >= 15 is 0 Å². The Labute approximate surface area is 63.2 Å². The van der Waals surface area contributed by atoms with Gasteiger partial charge in [-0.25, -0.2) is 14.8 Å². The van der Waals surface area contributed by atoms with Crippen LogP contribution in [0.3, 0.4) is 0 Å². The lowest BCUT2D eigenvalue weighted by Gasteiger charge is -1.86. The minimum atomic E-state index is -0.978. The Hall–Kier alpha value is -1.71. The minimum Gasteiger partial charge on any atom is -0.478 e. The van der Waals surface area contributed by atoms with Gasteiger partial charge in [-0.2, -0.15) is 0 Å². The van der Waals surface area contributed by atoms with Gasteiger partial charge in [-0.1, -0.05) is 0 Å². The molecule has 0 atom stereocenters. The van der Waals surface area contributed by atoms with Gasteiger partial charge in [0.15, 0.2) is 0 Å². The van der Waals surface area contributed by atoms with Crippen LogP contribution in [0.1, 0.15) is 5.56 Å². The van der Waals surface area contributed by atoms with Gasteiger partial charge in [-0.15, -0.1) is 0 Å². The van der Waals surface area contributed by atoms with Crippen LogP contribution < -0.4 is 0 Å². The first-order chi connectivity index (χ1) is 5.29. The largest absolute Gasteiger partial charge is 0.478 e. The molecular weight excluding hydrogens is 144 g/mol. The summed E-state index contributed by atoms with van der Waals surface area (Å²) in [6.07, 6.45) is 6.93. The summed E-state index contributed by atoms with van der Waals surface area (Å²) in [5, 5.41) is 8.25. The van der Waals surface area contributed by atoms with Gasteiger partial charge in [0.1, 0.15) is 6.33 Å². The van der Waals surface area contributed by atoms with E-state index in [0.29, 0.717) is 5.56 Å². The SMILES string of the molecule is O=C(O)/C=C\c1cncnc1. The fourth-order valence-corrected chi connectivity index (χ4v) is 0.564. The maximum absolute atomic E-state index is 10.0. The summed E-state index contributed by atoms with van der Waals surface area (Å²) in [5.74, 6) is -0.978. The van der Waals surface area contributed by atoms with Gasteiger partial charge in [0.25, 0.3) is 0 Å². The molecule has 1 aromatic heterocycles. The third-order valence-electron chi connectivity index (χ3n) is 0.999. The maximum Gasteiger partial charge on any atom is 0.328 e. The Morgan fingerprint density at radius 3 is 2.64 bits per heavy atom. The van der Waals surface area contributed by atoms with Gasteiger partial charge >= 0.3 is 5.97 Å². The predicted octanol–water partition coefficient (Wildman–Crippen LogP) is 0.574. The van der Waals surface area contributed by atoms with E-state index < -0.39 is 5.97 Å². The van der Waals surface area contributed by atoms with E-state index in [1.807, 2.05) is 0 Å². The van der Waals surface area contributed by atoms with Crippen molar-refractivity contribution in [3.05, 3.63) is 30.4 Å². The van der Waals surface area contributed by atoms with Crippen LogP contribution in [-0.2, 0) is 4.79 Å². The van der Waals surface area contributed by atoms with Crippen LogP contribution in [0.5, 0.6) is 0 Å². The first-order valence-corrected chi connectivity index (χ1v) is 2.95. The number of hydrogen-bond acceptors (Lipinski definition) is 3. The summed E-state index contributed by atoms with van der Waals surface area (Å²) in [7, 11) is 0. The third-order valence-corrected chi connectivity index (χ3v) is 0.999. The normalized spacial score (nSPS) is 10.2. The van der Waals surface area contributed by atoms with Crippen molar-refractivity contribution in [2.75, 3.05) is 0 Å². The Morgan fingerprint density at radius 1 is 1.45 bits per heavy atom. The average Bonchev–Trinajstić information content (AvgIpc) is 2.03. The van der Waals surface area contributed by atoms with E-state index in [2.05, 4.69) is 9.97 Å². The van der Waals surface area contributed by atoms with Crippen LogP contribution in [0.25, 0.3) is 6.08 Å². The highest BCUT2D eigenvalue weighted by molar-refractivity contribution is 5.85. The number of hydrogen-bond donors (Lipinski definition) is 1. The highest BCUT2D eigenvalue weighted by Gasteiger charge is 1.87. The molecule has 1 N–H and O–H groups in total. The highest BCUT2D eigenvalue weighted by atomic mass is 16.4. The lowest BCUT2D eigenvalue weighted by Crippen LogP contribution is -1.86. The number of carboxylic acids is 1. The molecule has 0 aliphatic heterocycles. The smallest absolute Gasteiger partial charge is 0.328 e. The number of aliphatic carboxylic acids is 1. The van der Waals surface area contributed by atoms with Crippen molar-refractivity contribution in [3.8, 4) is 0 Å². The molecular formula is C7H6N2O2. The molecule has 0 amide bonds. The molecule has 0 unspecified atom stereocenters. The van der Waals surface area contributed by atoms with E-state index in [1.165, 1.54) is 24.8 Å². The standard InChI is InChI=1S/C7H6N2O2/c10-7(11)2-1-6-3-8-5-9-4-6/h1-5H,(H,10,11)/b2-1-. The second-order valence-electron chi connectivity index (χ2n) is 1.84. The van der Waals surface area contributed by atoms with E-state index in [4.69, 9.17) is 5.11 Å². The fraction of sp³-hybridized carbons (Fsp3) is 0. The van der Waals surface area contributed by atoms with Crippen molar-refractivity contribution in [2.45, 2.75) is 0 Å². The minimum absolute atomic E-state index is 0.676. The van der Waals surface area contributed by atoms with Gasteiger partial charge in [-0.3, -0.25) is 0 Å². The van der Waals surface area contributed by atoms with E-state index in [9.17, 15) is 4.79 Å². The number of nitrogens with zero attached hydrogens (tertiary/aromatic N) is 2. The summed E-state index contributed by atoms with van der Waals surface area (Å²) in [6.45, 7) is 0. The fourth-order valence-electron chi connectivity index (χ4n) is 0.564. The quantitative estimate of drug-likeness (QED) is 0.626. The van der Waals surface area contributed by atoms with Crippen molar-refractivity contribution in [3.63, 3.8) is 0 Å². The molecule has 4 heteroatoms. The molecule has 0 aliphatic carbocycles. The Kier molecular flexibility index (Phi) is 2.32. The zero-order chi connectivity index (χ0) is 8.10. The van der Waals surface area contributed by atoms with Crippen LogP contribution in [0.15, 0.2) is 24.8 Å². The maximum atomic E-state index is 10.0. The van der Waals surface area contributed by atoms with Gasteiger partial charge in [-0.05, 0) is 6.08 Å². The molecule has 56 valence electrons. The van der Waals surface area contributed by atoms with Crippen molar-refractivity contribution in [1.82, 2.24) is 9.97 Å². The average molecular weight is 150 g/mol. The van der Waals surface area contributed by atoms with Gasteiger partial charge < -0.3 is 5.11 Å². The number of carboxylic acid groups (broad SMARTS) is 1. The molecule has 0 bridgehead atoms. The van der Waals surface area contributed by atoms with Crippen molar-refractivity contribution >= 4 is 12.0 Å². The van der Waals surface area contributed by atoms with Gasteiger partial charge in [0.05, 0.1) is 0 Å². The molecule has 0 saturated heterocycles.